The van der Waals surface area contributed by atoms with E-state index in [9.17, 15) is 9.90 Å². The summed E-state index contributed by atoms with van der Waals surface area (Å²) in [7, 11) is 0. The molecule has 1 N–H and O–H groups in total. The van der Waals surface area contributed by atoms with Gasteiger partial charge >= 0.3 is 0 Å². The third-order valence-electron chi connectivity index (χ3n) is 3.58. The average Bonchev–Trinajstić information content (AvgIpc) is 3.05. The van der Waals surface area contributed by atoms with Crippen molar-refractivity contribution in [2.24, 2.45) is 0 Å². The van der Waals surface area contributed by atoms with E-state index in [4.69, 9.17) is 4.74 Å². The summed E-state index contributed by atoms with van der Waals surface area (Å²) in [5.74, 6) is 0.589. The van der Waals surface area contributed by atoms with Crippen LogP contribution in [0.2, 0.25) is 0 Å². The molecule has 3 rings (SSSR count). The Balaban J connectivity index is 1.69. The van der Waals surface area contributed by atoms with Crippen LogP contribution in [0, 0.1) is 6.92 Å². The number of aryl methyl sites for hydroxylation is 1. The molecule has 0 aliphatic carbocycles. The number of fused-ring (bicyclic) bond motifs is 1. The minimum Gasteiger partial charge on any atom is -0.389 e. The van der Waals surface area contributed by atoms with E-state index in [1.807, 2.05) is 35.7 Å². The number of aliphatic hydroxyl groups excluding tert-OH is 1. The first kappa shape index (κ1) is 15.9. The number of rotatable bonds is 6. The second-order valence-electron chi connectivity index (χ2n) is 5.34. The van der Waals surface area contributed by atoms with Crippen molar-refractivity contribution < 1.29 is 9.84 Å². The summed E-state index contributed by atoms with van der Waals surface area (Å²) in [6.45, 7) is 2.59. The number of aliphatic hydroxyl groups is 1. The molecule has 2 aromatic heterocycles. The zero-order valence-electron chi connectivity index (χ0n) is 12.8. The van der Waals surface area contributed by atoms with E-state index in [0.717, 1.165) is 4.88 Å². The van der Waals surface area contributed by atoms with E-state index in [1.54, 1.807) is 24.3 Å². The van der Waals surface area contributed by atoms with E-state index in [-0.39, 0.29) is 18.7 Å². The molecule has 5 nitrogen and oxygen atoms in total. The van der Waals surface area contributed by atoms with Crippen LogP contribution < -0.4 is 5.56 Å². The average molecular weight is 330 g/mol. The van der Waals surface area contributed by atoms with Gasteiger partial charge in [0.1, 0.15) is 5.82 Å². The summed E-state index contributed by atoms with van der Waals surface area (Å²) >= 11 is 1.61. The van der Waals surface area contributed by atoms with Crippen LogP contribution in [0.5, 0.6) is 0 Å². The summed E-state index contributed by atoms with van der Waals surface area (Å²) in [4.78, 5) is 18.1. The van der Waals surface area contributed by atoms with Gasteiger partial charge in [-0.05, 0) is 30.5 Å². The largest absolute Gasteiger partial charge is 0.389 e. The first-order valence-corrected chi connectivity index (χ1v) is 8.27. The number of thiophene rings is 1. The summed E-state index contributed by atoms with van der Waals surface area (Å²) < 4.78 is 7.01. The van der Waals surface area contributed by atoms with E-state index in [2.05, 4.69) is 4.98 Å². The summed E-state index contributed by atoms with van der Waals surface area (Å²) in [5.41, 5.74) is 0.542. The molecule has 1 atom stereocenters. The highest BCUT2D eigenvalue weighted by atomic mass is 32.1. The molecule has 120 valence electrons. The number of aromatic nitrogens is 2. The lowest BCUT2D eigenvalue weighted by Crippen LogP contribution is -2.31. The Hall–Kier alpha value is -2.02. The zero-order valence-corrected chi connectivity index (χ0v) is 13.6. The Morgan fingerprint density at radius 2 is 2.13 bits per heavy atom. The Kier molecular flexibility index (Phi) is 4.85. The molecule has 2 heterocycles. The molecule has 0 aliphatic heterocycles. The number of benzene rings is 1. The van der Waals surface area contributed by atoms with Crippen molar-refractivity contribution >= 4 is 22.2 Å². The lowest BCUT2D eigenvalue weighted by molar-refractivity contribution is 0.0205. The Morgan fingerprint density at radius 3 is 2.91 bits per heavy atom. The van der Waals surface area contributed by atoms with E-state index >= 15 is 0 Å². The van der Waals surface area contributed by atoms with Crippen LogP contribution in [-0.4, -0.2) is 27.4 Å². The van der Waals surface area contributed by atoms with Crippen molar-refractivity contribution in [2.75, 3.05) is 6.61 Å². The quantitative estimate of drug-likeness (QED) is 0.753. The third kappa shape index (κ3) is 3.67. The van der Waals surface area contributed by atoms with Crippen LogP contribution >= 0.6 is 11.3 Å². The Bertz CT molecular complexity index is 843. The van der Waals surface area contributed by atoms with Crippen molar-refractivity contribution in [1.29, 1.82) is 0 Å². The summed E-state index contributed by atoms with van der Waals surface area (Å²) in [6.07, 6.45) is -0.755. The van der Waals surface area contributed by atoms with Gasteiger partial charge in [0.05, 0.1) is 36.8 Å². The molecular weight excluding hydrogens is 312 g/mol. The molecule has 0 spiro atoms. The SMILES string of the molecule is Cc1nc2ccccc2c(=O)n1CC(O)COCc1cccs1. The molecule has 0 fully saturated rings. The van der Waals surface area contributed by atoms with Gasteiger partial charge in [0.25, 0.3) is 5.56 Å². The van der Waals surface area contributed by atoms with Gasteiger partial charge in [-0.25, -0.2) is 4.98 Å². The van der Waals surface area contributed by atoms with Gasteiger partial charge < -0.3 is 9.84 Å². The molecule has 1 aromatic carbocycles. The molecule has 6 heteroatoms. The molecule has 0 saturated carbocycles. The number of ether oxygens (including phenoxy) is 1. The van der Waals surface area contributed by atoms with Crippen LogP contribution in [0.25, 0.3) is 10.9 Å². The van der Waals surface area contributed by atoms with E-state index < -0.39 is 6.10 Å². The van der Waals surface area contributed by atoms with Gasteiger partial charge in [-0.15, -0.1) is 11.3 Å². The fourth-order valence-corrected chi connectivity index (χ4v) is 3.09. The van der Waals surface area contributed by atoms with Gasteiger partial charge in [0.15, 0.2) is 0 Å². The number of para-hydroxylation sites is 1. The standard InChI is InChI=1S/C17H18N2O3S/c1-12-18-16-7-3-2-6-15(16)17(21)19(12)9-13(20)10-22-11-14-5-4-8-23-14/h2-8,13,20H,9-11H2,1H3. The molecule has 0 aliphatic rings. The lowest BCUT2D eigenvalue weighted by atomic mass is 10.2. The molecule has 1 unspecified atom stereocenters. The van der Waals surface area contributed by atoms with E-state index in [1.165, 1.54) is 4.57 Å². The van der Waals surface area contributed by atoms with Gasteiger partial charge in [-0.2, -0.15) is 0 Å². The van der Waals surface area contributed by atoms with Crippen molar-refractivity contribution in [1.82, 2.24) is 9.55 Å². The van der Waals surface area contributed by atoms with Gasteiger partial charge in [-0.3, -0.25) is 9.36 Å². The summed E-state index contributed by atoms with van der Waals surface area (Å²) in [6, 6.07) is 11.2. The molecule has 0 amide bonds. The lowest BCUT2D eigenvalue weighted by Gasteiger charge is -2.15. The fourth-order valence-electron chi connectivity index (χ4n) is 2.45. The van der Waals surface area contributed by atoms with Gasteiger partial charge in [0, 0.05) is 4.88 Å². The van der Waals surface area contributed by atoms with Crippen molar-refractivity contribution in [3.05, 3.63) is 62.8 Å². The minimum absolute atomic E-state index is 0.134. The highest BCUT2D eigenvalue weighted by molar-refractivity contribution is 7.09. The fraction of sp³-hybridized carbons (Fsp3) is 0.294. The second kappa shape index (κ2) is 7.04. The predicted octanol–water partition coefficient (Wildman–Crippen LogP) is 2.34. The van der Waals surface area contributed by atoms with Crippen LogP contribution in [0.15, 0.2) is 46.6 Å². The molecule has 0 radical (unpaired) electrons. The Morgan fingerprint density at radius 1 is 1.30 bits per heavy atom. The van der Waals surface area contributed by atoms with Crippen molar-refractivity contribution in [3.63, 3.8) is 0 Å². The summed E-state index contributed by atoms with van der Waals surface area (Å²) in [5, 5.41) is 12.7. The molecular formula is C17H18N2O3S. The van der Waals surface area contributed by atoms with Gasteiger partial charge in [0.2, 0.25) is 0 Å². The first-order valence-electron chi connectivity index (χ1n) is 7.39. The van der Waals surface area contributed by atoms with E-state index in [0.29, 0.717) is 23.3 Å². The highest BCUT2D eigenvalue weighted by Gasteiger charge is 2.12. The van der Waals surface area contributed by atoms with Crippen molar-refractivity contribution in [2.45, 2.75) is 26.2 Å². The molecule has 3 aromatic rings. The third-order valence-corrected chi connectivity index (χ3v) is 4.43. The highest BCUT2D eigenvalue weighted by Crippen LogP contribution is 2.10. The molecule has 0 bridgehead atoms. The van der Waals surface area contributed by atoms with Crippen LogP contribution in [0.3, 0.4) is 0 Å². The van der Waals surface area contributed by atoms with Crippen LogP contribution in [-0.2, 0) is 17.9 Å². The second-order valence-corrected chi connectivity index (χ2v) is 6.37. The number of hydrogen-bond acceptors (Lipinski definition) is 5. The number of nitrogens with zero attached hydrogens (tertiary/aromatic N) is 2. The normalized spacial score (nSPS) is 12.6. The van der Waals surface area contributed by atoms with Crippen LogP contribution in [0.4, 0.5) is 0 Å². The minimum atomic E-state index is -0.755. The maximum atomic E-state index is 12.5. The van der Waals surface area contributed by atoms with Crippen LogP contribution in [0.1, 0.15) is 10.7 Å². The Labute approximate surface area is 137 Å². The molecule has 23 heavy (non-hydrogen) atoms. The maximum absolute atomic E-state index is 12.5. The first-order chi connectivity index (χ1) is 11.1. The van der Waals surface area contributed by atoms with Crippen molar-refractivity contribution in [3.8, 4) is 0 Å². The monoisotopic (exact) mass is 330 g/mol. The van der Waals surface area contributed by atoms with Gasteiger partial charge in [-0.1, -0.05) is 18.2 Å². The smallest absolute Gasteiger partial charge is 0.261 e. The topological polar surface area (TPSA) is 64.4 Å². The molecule has 0 saturated heterocycles. The zero-order chi connectivity index (χ0) is 16.2. The maximum Gasteiger partial charge on any atom is 0.261 e. The number of hydrogen-bond donors (Lipinski definition) is 1. The predicted molar refractivity (Wildman–Crippen MR) is 90.7 cm³/mol.